The minimum Gasteiger partial charge on any atom is -0.722 e. The quantitative estimate of drug-likeness (QED) is 0.264. The summed E-state index contributed by atoms with van der Waals surface area (Å²) in [6.45, 7) is 0. The predicted octanol–water partition coefficient (Wildman–Crippen LogP) is 0.0663. The van der Waals surface area contributed by atoms with Gasteiger partial charge >= 0.3 is 5.95 Å². The van der Waals surface area contributed by atoms with E-state index in [9.17, 15) is 8.28 Å². The maximum Gasteiger partial charge on any atom is 0.359 e. The van der Waals surface area contributed by atoms with Crippen molar-refractivity contribution in [3.63, 3.8) is 0 Å². The second-order valence-electron chi connectivity index (χ2n) is 2.03. The molecule has 1 heterocycles. The molecule has 1 rings (SSSR count). The van der Waals surface area contributed by atoms with Gasteiger partial charge in [-0.1, -0.05) is 0 Å². The highest BCUT2D eigenvalue weighted by molar-refractivity contribution is 7.80. The van der Waals surface area contributed by atoms with Crippen molar-refractivity contribution in [3.05, 3.63) is 30.3 Å². The first-order valence-electron chi connectivity index (χ1n) is 3.06. The van der Waals surface area contributed by atoms with Crippen molar-refractivity contribution in [2.24, 2.45) is 7.05 Å². The molecule has 74 valence electrons. The average molecular weight is 211 g/mol. The Morgan fingerprint density at radius 3 is 2.15 bits per heavy atom. The zero-order chi connectivity index (χ0) is 10.5. The van der Waals surface area contributed by atoms with Crippen LogP contribution >= 0.6 is 0 Å². The average Bonchev–Trinajstić information content (AvgIpc) is 1.92. The van der Waals surface area contributed by atoms with Gasteiger partial charge < -0.3 is 4.55 Å². The molecule has 0 saturated heterocycles. The zero-order valence-electron chi connectivity index (χ0n) is 6.65. The molecule has 13 heavy (non-hydrogen) atoms. The Morgan fingerprint density at radius 2 is 1.92 bits per heavy atom. The van der Waals surface area contributed by atoms with Gasteiger partial charge in [-0.15, -0.1) is 8.28 Å². The monoisotopic (exact) mass is 211 g/mol. The van der Waals surface area contributed by atoms with E-state index in [4.69, 9.17) is 13.0 Å². The normalized spacial score (nSPS) is 10.2. The van der Waals surface area contributed by atoms with Gasteiger partial charge in [0.15, 0.2) is 6.20 Å². The van der Waals surface area contributed by atoms with E-state index < -0.39 is 10.5 Å². The van der Waals surface area contributed by atoms with Crippen molar-refractivity contribution >= 4 is 10.5 Å². The molecule has 0 fully saturated rings. The van der Waals surface area contributed by atoms with Gasteiger partial charge in [-0.2, -0.15) is 4.57 Å². The summed E-state index contributed by atoms with van der Waals surface area (Å²) in [4.78, 5) is 0. The molecule has 1 aromatic heterocycles. The number of hydrogen-bond donors (Lipinski definition) is 0. The van der Waals surface area contributed by atoms with E-state index in [-0.39, 0.29) is 5.95 Å². The van der Waals surface area contributed by atoms with Crippen LogP contribution in [-0.2, 0) is 17.6 Å². The topological polar surface area (TPSA) is 61.1 Å². The van der Waals surface area contributed by atoms with Gasteiger partial charge in [-0.25, -0.2) is 8.42 Å². The van der Waals surface area contributed by atoms with E-state index in [0.29, 0.717) is 0 Å². The fourth-order valence-corrected chi connectivity index (χ4v) is 0.503. The summed E-state index contributed by atoms with van der Waals surface area (Å²) in [5, 5.41) is 0. The maximum absolute atomic E-state index is 12.3. The van der Waals surface area contributed by atoms with E-state index in [1.807, 2.05) is 0 Å². The molecule has 0 saturated carbocycles. The Bertz CT molecular complexity index is 337. The smallest absolute Gasteiger partial charge is 0.359 e. The fourth-order valence-electron chi connectivity index (χ4n) is 0.503. The summed E-state index contributed by atoms with van der Waals surface area (Å²) < 4.78 is 49.0. The highest BCUT2D eigenvalue weighted by Crippen LogP contribution is 1.83. The van der Waals surface area contributed by atoms with Crippen molar-refractivity contribution in [3.8, 4) is 0 Å². The minimum absolute atomic E-state index is 0.215. The lowest BCUT2D eigenvalue weighted by molar-refractivity contribution is -0.700. The van der Waals surface area contributed by atoms with Crippen LogP contribution in [-0.4, -0.2) is 13.0 Å². The number of hydrogen-bond acceptors (Lipinski definition) is 3. The first kappa shape index (κ1) is 11.9. The number of halogens is 2. The molecule has 0 aliphatic heterocycles. The van der Waals surface area contributed by atoms with Gasteiger partial charge in [0.05, 0.1) is 0 Å². The Hall–Kier alpha value is -1.08. The summed E-state index contributed by atoms with van der Waals surface area (Å²) in [6.07, 6.45) is 1.66. The van der Waals surface area contributed by atoms with Crippen LogP contribution in [0.25, 0.3) is 0 Å². The van der Waals surface area contributed by atoms with Crippen LogP contribution in [0.15, 0.2) is 24.4 Å². The molecule has 0 aromatic carbocycles. The van der Waals surface area contributed by atoms with Gasteiger partial charge in [-0.05, 0) is 6.07 Å². The fraction of sp³-hybridized carbons (Fsp3) is 0.167. The van der Waals surface area contributed by atoms with Crippen LogP contribution in [0.4, 0.5) is 8.28 Å². The van der Waals surface area contributed by atoms with Crippen LogP contribution in [0.1, 0.15) is 0 Å². The van der Waals surface area contributed by atoms with Crippen molar-refractivity contribution in [1.82, 2.24) is 0 Å². The highest BCUT2D eigenvalue weighted by atomic mass is 32.3. The van der Waals surface area contributed by atoms with Crippen LogP contribution in [0.5, 0.6) is 0 Å². The van der Waals surface area contributed by atoms with Gasteiger partial charge in [-0.3, -0.25) is 0 Å². The molecule has 1 aromatic rings. The van der Waals surface area contributed by atoms with Gasteiger partial charge in [0, 0.05) is 12.1 Å². The summed E-state index contributed by atoms with van der Waals surface area (Å²) in [5.74, 6) is -0.215. The largest absolute Gasteiger partial charge is 0.722 e. The maximum atomic E-state index is 12.3. The van der Waals surface area contributed by atoms with E-state index in [2.05, 4.69) is 0 Å². The van der Waals surface area contributed by atoms with Gasteiger partial charge in [0.25, 0.3) is 10.5 Å². The standard InChI is InChI=1S/C6H7FN.FHO3S/c1-8-5-3-2-4-6(8)7;1-5(2,3)4/h2-5H,1H3;(H,2,3,4)/q+1;/p-1. The van der Waals surface area contributed by atoms with Gasteiger partial charge in [0.2, 0.25) is 0 Å². The lowest BCUT2D eigenvalue weighted by Gasteiger charge is -1.84. The van der Waals surface area contributed by atoms with Crippen molar-refractivity contribution in [1.29, 1.82) is 0 Å². The third-order valence-electron chi connectivity index (χ3n) is 0.991. The second-order valence-corrected chi connectivity index (χ2v) is 2.81. The second kappa shape index (κ2) is 4.83. The third-order valence-corrected chi connectivity index (χ3v) is 0.991. The zero-order valence-corrected chi connectivity index (χ0v) is 7.46. The highest BCUT2D eigenvalue weighted by Gasteiger charge is 1.97. The molecular weight excluding hydrogens is 204 g/mol. The minimum atomic E-state index is -5.42. The van der Waals surface area contributed by atoms with Crippen molar-refractivity contribution in [2.75, 3.05) is 0 Å². The van der Waals surface area contributed by atoms with E-state index in [1.54, 1.807) is 25.4 Å². The molecule has 0 aliphatic carbocycles. The SMILES string of the molecule is C[n+]1ccccc1F.O=S(=O)([O-])F. The molecule has 0 unspecified atom stereocenters. The summed E-state index contributed by atoms with van der Waals surface area (Å²) in [7, 11) is -3.75. The first-order chi connectivity index (χ1) is 5.80. The molecule has 0 amide bonds. The van der Waals surface area contributed by atoms with E-state index in [0.717, 1.165) is 0 Å². The van der Waals surface area contributed by atoms with E-state index in [1.165, 1.54) is 10.6 Å². The number of rotatable bonds is 0. The van der Waals surface area contributed by atoms with Crippen molar-refractivity contribution in [2.45, 2.75) is 0 Å². The van der Waals surface area contributed by atoms with Crippen LogP contribution in [0.2, 0.25) is 0 Å². The molecule has 0 atom stereocenters. The Balaban J connectivity index is 0.000000252. The molecule has 0 radical (unpaired) electrons. The summed E-state index contributed by atoms with van der Waals surface area (Å²) >= 11 is 0. The lowest BCUT2D eigenvalue weighted by atomic mass is 10.5. The third kappa shape index (κ3) is 8.83. The van der Waals surface area contributed by atoms with Crippen LogP contribution < -0.4 is 4.57 Å². The first-order valence-corrected chi connectivity index (χ1v) is 4.37. The molecular formula is C6H7F2NO3S. The number of nitrogens with zero attached hydrogens (tertiary/aromatic N) is 1. The van der Waals surface area contributed by atoms with E-state index >= 15 is 0 Å². The van der Waals surface area contributed by atoms with Crippen molar-refractivity contribution < 1.29 is 25.8 Å². The van der Waals surface area contributed by atoms with Crippen LogP contribution in [0.3, 0.4) is 0 Å². The molecule has 4 nitrogen and oxygen atoms in total. The molecule has 7 heteroatoms. The molecule has 0 aliphatic rings. The number of aromatic nitrogens is 1. The Morgan fingerprint density at radius 1 is 1.46 bits per heavy atom. The number of pyridine rings is 1. The predicted molar refractivity (Wildman–Crippen MR) is 38.4 cm³/mol. The van der Waals surface area contributed by atoms with Gasteiger partial charge in [0.1, 0.15) is 7.05 Å². The Labute approximate surface area is 74.5 Å². The van der Waals surface area contributed by atoms with Crippen LogP contribution in [0, 0.1) is 5.95 Å². The Kier molecular flexibility index (Phi) is 4.43. The number of aryl methyl sites for hydroxylation is 1. The molecule has 0 N–H and O–H groups in total. The summed E-state index contributed by atoms with van der Waals surface area (Å²) in [5.41, 5.74) is 0. The molecule has 0 spiro atoms. The molecule has 0 bridgehead atoms. The lowest BCUT2D eigenvalue weighted by Crippen LogP contribution is -2.31. The summed E-state index contributed by atoms with van der Waals surface area (Å²) in [6, 6.07) is 4.86.